The average molecular weight is 454 g/mol. The minimum absolute atomic E-state index is 0.0279. The molecule has 0 saturated carbocycles. The van der Waals surface area contributed by atoms with Crippen LogP contribution in [0.1, 0.15) is 25.3 Å². The van der Waals surface area contributed by atoms with E-state index < -0.39 is 20.0 Å². The first-order chi connectivity index (χ1) is 14.3. The zero-order chi connectivity index (χ0) is 21.8. The van der Waals surface area contributed by atoms with Crippen LogP contribution in [0.3, 0.4) is 0 Å². The fourth-order valence-electron chi connectivity index (χ4n) is 3.49. The Labute approximate surface area is 178 Å². The van der Waals surface area contributed by atoms with Crippen molar-refractivity contribution in [2.75, 3.05) is 36.8 Å². The number of ether oxygens (including phenoxy) is 1. The summed E-state index contributed by atoms with van der Waals surface area (Å²) in [7, 11) is -5.94. The summed E-state index contributed by atoms with van der Waals surface area (Å²) in [4.78, 5) is 3.95. The molecule has 1 saturated heterocycles. The van der Waals surface area contributed by atoms with Crippen LogP contribution in [0.2, 0.25) is 0 Å². The van der Waals surface area contributed by atoms with Crippen molar-refractivity contribution in [3.05, 3.63) is 48.3 Å². The van der Waals surface area contributed by atoms with Crippen molar-refractivity contribution in [2.45, 2.75) is 31.1 Å². The molecule has 30 heavy (non-hydrogen) atoms. The normalized spacial score (nSPS) is 16.6. The first kappa shape index (κ1) is 22.5. The predicted octanol–water partition coefficient (Wildman–Crippen LogP) is 2.27. The molecule has 0 N–H and O–H groups in total. The van der Waals surface area contributed by atoms with Crippen LogP contribution >= 0.6 is 0 Å². The topological polar surface area (TPSA) is 96.9 Å². The van der Waals surface area contributed by atoms with Crippen molar-refractivity contribution in [1.82, 2.24) is 9.29 Å². The van der Waals surface area contributed by atoms with Crippen molar-refractivity contribution >= 4 is 25.7 Å². The molecule has 0 aliphatic carbocycles. The number of aromatic nitrogens is 1. The van der Waals surface area contributed by atoms with Gasteiger partial charge in [-0.05, 0) is 55.2 Å². The summed E-state index contributed by atoms with van der Waals surface area (Å²) in [5.74, 6) is 0.254. The molecule has 2 aromatic rings. The molecular formula is C20H27N3O5S2. The minimum atomic E-state index is -3.89. The number of rotatable bonds is 8. The number of benzene rings is 1. The molecule has 0 bridgehead atoms. The van der Waals surface area contributed by atoms with E-state index in [-0.39, 0.29) is 29.5 Å². The maximum atomic E-state index is 13.4. The number of hydrogen-bond acceptors (Lipinski definition) is 6. The number of methoxy groups -OCH3 is 1. The number of nitrogens with zero attached hydrogens (tertiary/aromatic N) is 3. The van der Waals surface area contributed by atoms with Gasteiger partial charge >= 0.3 is 0 Å². The standard InChI is InChI=1S/C20H27N3O5S2/c1-3-22(14-10-17-8-11-21-12-9-17)30(26,27)20-16-18(6-7-19(20)28-2)23-13-4-5-15-29(23,24)25/h6-9,11-12,16H,3-5,10,13-15H2,1-2H3. The third-order valence-electron chi connectivity index (χ3n) is 5.15. The molecule has 1 aromatic heterocycles. The monoisotopic (exact) mass is 453 g/mol. The molecule has 0 spiro atoms. The van der Waals surface area contributed by atoms with Crippen molar-refractivity contribution in [1.29, 1.82) is 0 Å². The summed E-state index contributed by atoms with van der Waals surface area (Å²) in [6.45, 7) is 2.68. The Balaban J connectivity index is 1.94. The summed E-state index contributed by atoms with van der Waals surface area (Å²) < 4.78 is 59.8. The van der Waals surface area contributed by atoms with Crippen LogP contribution in [-0.2, 0) is 26.5 Å². The lowest BCUT2D eigenvalue weighted by Crippen LogP contribution is -2.38. The van der Waals surface area contributed by atoms with Gasteiger partial charge in [0.05, 0.1) is 18.6 Å². The van der Waals surface area contributed by atoms with Gasteiger partial charge in [0.1, 0.15) is 10.6 Å². The fourth-order valence-corrected chi connectivity index (χ4v) is 6.75. The van der Waals surface area contributed by atoms with Crippen LogP contribution in [0.5, 0.6) is 5.75 Å². The first-order valence-corrected chi connectivity index (χ1v) is 12.9. The number of hydrogen-bond donors (Lipinski definition) is 0. The Morgan fingerprint density at radius 1 is 1.17 bits per heavy atom. The predicted molar refractivity (Wildman–Crippen MR) is 116 cm³/mol. The number of sulfonamides is 2. The van der Waals surface area contributed by atoms with E-state index in [1.165, 1.54) is 27.9 Å². The highest BCUT2D eigenvalue weighted by atomic mass is 32.2. The summed E-state index contributed by atoms with van der Waals surface area (Å²) >= 11 is 0. The van der Waals surface area contributed by atoms with E-state index in [0.717, 1.165) is 12.0 Å². The molecule has 2 heterocycles. The van der Waals surface area contributed by atoms with Crippen LogP contribution in [0.4, 0.5) is 5.69 Å². The Bertz CT molecular complexity index is 1070. The van der Waals surface area contributed by atoms with Crippen LogP contribution < -0.4 is 9.04 Å². The van der Waals surface area contributed by atoms with Gasteiger partial charge in [-0.15, -0.1) is 0 Å². The SMILES string of the molecule is CCN(CCc1ccncc1)S(=O)(=O)c1cc(N2CCCCS2(=O)=O)ccc1OC. The lowest BCUT2D eigenvalue weighted by atomic mass is 10.2. The summed E-state index contributed by atoms with van der Waals surface area (Å²) in [6.07, 6.45) is 5.23. The number of anilines is 1. The maximum absolute atomic E-state index is 13.4. The van der Waals surface area contributed by atoms with Gasteiger partial charge in [-0.3, -0.25) is 9.29 Å². The van der Waals surface area contributed by atoms with Crippen molar-refractivity contribution in [3.63, 3.8) is 0 Å². The lowest BCUT2D eigenvalue weighted by Gasteiger charge is -2.29. The van der Waals surface area contributed by atoms with Crippen molar-refractivity contribution in [3.8, 4) is 5.75 Å². The highest BCUT2D eigenvalue weighted by molar-refractivity contribution is 7.92. The second kappa shape index (κ2) is 9.32. The van der Waals surface area contributed by atoms with Gasteiger partial charge in [-0.25, -0.2) is 16.8 Å². The zero-order valence-electron chi connectivity index (χ0n) is 17.2. The fraction of sp³-hybridized carbons (Fsp3) is 0.450. The first-order valence-electron chi connectivity index (χ1n) is 9.87. The van der Waals surface area contributed by atoms with Crippen LogP contribution in [0, 0.1) is 0 Å². The van der Waals surface area contributed by atoms with Gasteiger partial charge in [0, 0.05) is 32.0 Å². The Morgan fingerprint density at radius 2 is 1.90 bits per heavy atom. The van der Waals surface area contributed by atoms with E-state index in [9.17, 15) is 16.8 Å². The molecule has 1 aliphatic rings. The highest BCUT2D eigenvalue weighted by Crippen LogP contribution is 2.33. The van der Waals surface area contributed by atoms with Crippen LogP contribution in [0.25, 0.3) is 0 Å². The molecule has 0 unspecified atom stereocenters. The lowest BCUT2D eigenvalue weighted by molar-refractivity contribution is 0.393. The smallest absolute Gasteiger partial charge is 0.246 e. The molecule has 1 fully saturated rings. The second-order valence-electron chi connectivity index (χ2n) is 7.03. The Hall–Kier alpha value is -2.17. The van der Waals surface area contributed by atoms with E-state index in [1.54, 1.807) is 25.4 Å². The Kier molecular flexibility index (Phi) is 6.99. The molecule has 1 aliphatic heterocycles. The van der Waals surface area contributed by atoms with Gasteiger partial charge < -0.3 is 4.74 Å². The van der Waals surface area contributed by atoms with Gasteiger partial charge in [0.15, 0.2) is 0 Å². The largest absolute Gasteiger partial charge is 0.495 e. The van der Waals surface area contributed by atoms with Gasteiger partial charge in [-0.2, -0.15) is 4.31 Å². The second-order valence-corrected chi connectivity index (χ2v) is 11.0. The van der Waals surface area contributed by atoms with Crippen LogP contribution in [-0.4, -0.2) is 58.6 Å². The molecule has 0 atom stereocenters. The summed E-state index contributed by atoms with van der Waals surface area (Å²) in [5.41, 5.74) is 1.33. The van der Waals surface area contributed by atoms with Crippen LogP contribution in [0.15, 0.2) is 47.6 Å². The van der Waals surface area contributed by atoms with E-state index in [1.807, 2.05) is 12.1 Å². The zero-order valence-corrected chi connectivity index (χ0v) is 18.8. The molecule has 0 amide bonds. The minimum Gasteiger partial charge on any atom is -0.495 e. The molecule has 0 radical (unpaired) electrons. The summed E-state index contributed by atoms with van der Waals surface area (Å²) in [5, 5.41) is 0. The highest BCUT2D eigenvalue weighted by Gasteiger charge is 2.31. The summed E-state index contributed by atoms with van der Waals surface area (Å²) in [6, 6.07) is 8.22. The van der Waals surface area contributed by atoms with E-state index in [2.05, 4.69) is 4.98 Å². The number of pyridine rings is 1. The molecule has 8 nitrogen and oxygen atoms in total. The van der Waals surface area contributed by atoms with Gasteiger partial charge in [0.25, 0.3) is 0 Å². The molecule has 164 valence electrons. The maximum Gasteiger partial charge on any atom is 0.246 e. The van der Waals surface area contributed by atoms with E-state index in [4.69, 9.17) is 4.74 Å². The molecule has 3 rings (SSSR count). The average Bonchev–Trinajstić information content (AvgIpc) is 2.74. The van der Waals surface area contributed by atoms with Crippen molar-refractivity contribution in [2.24, 2.45) is 0 Å². The third-order valence-corrected chi connectivity index (χ3v) is 9.02. The molecule has 10 heteroatoms. The molecular weight excluding hydrogens is 426 g/mol. The quantitative estimate of drug-likeness (QED) is 0.608. The van der Waals surface area contributed by atoms with E-state index in [0.29, 0.717) is 25.1 Å². The Morgan fingerprint density at radius 3 is 2.53 bits per heavy atom. The number of likely N-dealkylation sites (N-methyl/N-ethyl adjacent to an activating group) is 1. The molecule has 1 aromatic carbocycles. The third kappa shape index (κ3) is 4.76. The van der Waals surface area contributed by atoms with Gasteiger partial charge in [0.2, 0.25) is 20.0 Å². The van der Waals surface area contributed by atoms with Crippen molar-refractivity contribution < 1.29 is 21.6 Å². The van der Waals surface area contributed by atoms with Gasteiger partial charge in [-0.1, -0.05) is 6.92 Å². The van der Waals surface area contributed by atoms with E-state index >= 15 is 0 Å².